The molecule has 2 atom stereocenters. The molecule has 1 aliphatic heterocycles. The van der Waals surface area contributed by atoms with Crippen molar-refractivity contribution in [3.8, 4) is 11.3 Å². The van der Waals surface area contributed by atoms with Crippen molar-refractivity contribution in [3.63, 3.8) is 0 Å². The van der Waals surface area contributed by atoms with Gasteiger partial charge in [-0.3, -0.25) is 19.7 Å². The minimum atomic E-state index is -4.55. The van der Waals surface area contributed by atoms with E-state index in [-0.39, 0.29) is 17.9 Å². The molecular formula is C30H24F4N4O2. The van der Waals surface area contributed by atoms with E-state index in [0.717, 1.165) is 12.3 Å². The first kappa shape index (κ1) is 27.1. The lowest BCUT2D eigenvalue weighted by Crippen LogP contribution is -2.10. The van der Waals surface area contributed by atoms with Gasteiger partial charge in [0.25, 0.3) is 0 Å². The molecule has 0 radical (unpaired) electrons. The third kappa shape index (κ3) is 5.90. The van der Waals surface area contributed by atoms with Crippen LogP contribution in [0.3, 0.4) is 0 Å². The summed E-state index contributed by atoms with van der Waals surface area (Å²) in [4.78, 5) is 31.1. The van der Waals surface area contributed by atoms with E-state index in [4.69, 9.17) is 4.84 Å². The van der Waals surface area contributed by atoms with Gasteiger partial charge in [0.2, 0.25) is 0 Å². The number of alkyl halides is 3. The van der Waals surface area contributed by atoms with Crippen molar-refractivity contribution in [1.29, 1.82) is 0 Å². The first-order valence-electron chi connectivity index (χ1n) is 12.6. The number of hydrogen-bond donors (Lipinski definition) is 0. The number of rotatable bonds is 7. The Morgan fingerprint density at radius 1 is 1.02 bits per heavy atom. The van der Waals surface area contributed by atoms with Gasteiger partial charge in [0, 0.05) is 48.1 Å². The zero-order valence-corrected chi connectivity index (χ0v) is 21.6. The molecule has 10 heteroatoms. The first-order valence-corrected chi connectivity index (χ1v) is 12.6. The fourth-order valence-corrected chi connectivity index (χ4v) is 4.49. The molecule has 0 aliphatic carbocycles. The highest BCUT2D eigenvalue weighted by molar-refractivity contribution is 6.05. The van der Waals surface area contributed by atoms with Crippen LogP contribution in [0.25, 0.3) is 11.3 Å². The van der Waals surface area contributed by atoms with E-state index < -0.39 is 29.7 Å². The number of oxime groups is 1. The van der Waals surface area contributed by atoms with Crippen molar-refractivity contribution in [1.82, 2.24) is 15.0 Å². The van der Waals surface area contributed by atoms with Crippen LogP contribution < -0.4 is 0 Å². The van der Waals surface area contributed by atoms with Crippen LogP contribution in [-0.2, 0) is 11.0 Å². The molecule has 40 heavy (non-hydrogen) atoms. The van der Waals surface area contributed by atoms with Crippen LogP contribution in [0.4, 0.5) is 17.6 Å². The summed E-state index contributed by atoms with van der Waals surface area (Å²) in [5.41, 5.74) is 2.78. The molecule has 0 bridgehead atoms. The largest absolute Gasteiger partial charge is 0.433 e. The molecule has 3 aromatic heterocycles. The summed E-state index contributed by atoms with van der Waals surface area (Å²) >= 11 is 0. The molecule has 1 aromatic carbocycles. The molecule has 0 amide bonds. The van der Waals surface area contributed by atoms with Crippen LogP contribution in [0.15, 0.2) is 78.3 Å². The number of nitrogens with zero attached hydrogens (tertiary/aromatic N) is 4. The number of hydrogen-bond acceptors (Lipinski definition) is 6. The van der Waals surface area contributed by atoms with E-state index in [1.807, 2.05) is 12.1 Å². The van der Waals surface area contributed by atoms with Crippen molar-refractivity contribution in [2.75, 3.05) is 0 Å². The van der Waals surface area contributed by atoms with Gasteiger partial charge in [-0.25, -0.2) is 4.39 Å². The van der Waals surface area contributed by atoms with Crippen LogP contribution in [0.1, 0.15) is 70.2 Å². The van der Waals surface area contributed by atoms with Gasteiger partial charge in [-0.2, -0.15) is 13.2 Å². The molecule has 1 unspecified atom stereocenters. The smallest absolute Gasteiger partial charge is 0.385 e. The molecule has 0 spiro atoms. The second kappa shape index (κ2) is 11.0. The lowest BCUT2D eigenvalue weighted by molar-refractivity contribution is -0.141. The SMILES string of the molecule is Cc1cnc(-c2cc(C(=O)C[C@H](C)c3ccc(C(F)(F)F)nc3)cc(C3=NOC(c4ccccn4)C3)c2)c(F)c1. The second-order valence-corrected chi connectivity index (χ2v) is 9.74. The van der Waals surface area contributed by atoms with Crippen molar-refractivity contribution >= 4 is 11.5 Å². The quantitative estimate of drug-likeness (QED) is 0.180. The van der Waals surface area contributed by atoms with E-state index in [2.05, 4.69) is 20.1 Å². The van der Waals surface area contributed by atoms with Crippen LogP contribution in [0, 0.1) is 12.7 Å². The number of aryl methyl sites for hydroxylation is 1. The van der Waals surface area contributed by atoms with Gasteiger partial charge in [0.15, 0.2) is 11.9 Å². The number of pyridine rings is 3. The molecule has 0 saturated carbocycles. The van der Waals surface area contributed by atoms with Crippen molar-refractivity contribution in [2.45, 2.75) is 44.9 Å². The van der Waals surface area contributed by atoms with E-state index >= 15 is 0 Å². The Kier molecular flexibility index (Phi) is 7.42. The zero-order chi connectivity index (χ0) is 28.4. The highest BCUT2D eigenvalue weighted by Crippen LogP contribution is 2.33. The summed E-state index contributed by atoms with van der Waals surface area (Å²) in [6.07, 6.45) is -0.218. The van der Waals surface area contributed by atoms with Gasteiger partial charge >= 0.3 is 6.18 Å². The lowest BCUT2D eigenvalue weighted by atomic mass is 9.91. The summed E-state index contributed by atoms with van der Waals surface area (Å²) in [7, 11) is 0. The number of benzene rings is 1. The summed E-state index contributed by atoms with van der Waals surface area (Å²) in [6, 6.07) is 14.0. The highest BCUT2D eigenvalue weighted by Gasteiger charge is 2.32. The molecule has 204 valence electrons. The number of Topliss-reactive ketones (excluding diaryl/α,β-unsaturated/α-hetero) is 1. The summed E-state index contributed by atoms with van der Waals surface area (Å²) < 4.78 is 53.6. The number of ketones is 1. The molecule has 0 N–H and O–H groups in total. The standard InChI is InChI=1S/C30H24F4N4O2/c1-17-9-23(31)29(37-15-17)22-12-20(25-14-27(40-38-25)24-5-3-4-8-35-24)11-21(13-22)26(39)10-18(2)19-6-7-28(36-16-19)30(32,33)34/h3-9,11-13,15-16,18,27H,10,14H2,1-2H3/t18-,27?/m0/s1. The van der Waals surface area contributed by atoms with Crippen LogP contribution in [0.2, 0.25) is 0 Å². The van der Waals surface area contributed by atoms with Gasteiger partial charge < -0.3 is 4.84 Å². The predicted molar refractivity (Wildman–Crippen MR) is 140 cm³/mol. The molecule has 4 aromatic rings. The molecular weight excluding hydrogens is 524 g/mol. The van der Waals surface area contributed by atoms with E-state index in [9.17, 15) is 22.4 Å². The van der Waals surface area contributed by atoms with Gasteiger partial charge in [-0.15, -0.1) is 0 Å². The Morgan fingerprint density at radius 3 is 2.50 bits per heavy atom. The van der Waals surface area contributed by atoms with E-state index in [1.54, 1.807) is 50.5 Å². The first-order chi connectivity index (χ1) is 19.1. The minimum Gasteiger partial charge on any atom is -0.385 e. The van der Waals surface area contributed by atoms with Gasteiger partial charge in [-0.05, 0) is 66.4 Å². The molecule has 1 aliphatic rings. The van der Waals surface area contributed by atoms with Crippen LogP contribution >= 0.6 is 0 Å². The van der Waals surface area contributed by atoms with Gasteiger partial charge in [-0.1, -0.05) is 24.2 Å². The summed E-state index contributed by atoms with van der Waals surface area (Å²) in [5.74, 6) is -1.22. The maximum atomic E-state index is 14.9. The monoisotopic (exact) mass is 548 g/mol. The summed E-state index contributed by atoms with van der Waals surface area (Å²) in [5, 5.41) is 4.22. The number of aromatic nitrogens is 3. The average Bonchev–Trinajstić information content (AvgIpc) is 3.43. The second-order valence-electron chi connectivity index (χ2n) is 9.74. The van der Waals surface area contributed by atoms with Crippen molar-refractivity contribution in [2.24, 2.45) is 5.16 Å². The molecule has 0 fully saturated rings. The lowest BCUT2D eigenvalue weighted by Gasteiger charge is -2.14. The van der Waals surface area contributed by atoms with E-state index in [0.29, 0.717) is 45.6 Å². The highest BCUT2D eigenvalue weighted by atomic mass is 19.4. The number of carbonyl (C=O) groups excluding carboxylic acids is 1. The zero-order valence-electron chi connectivity index (χ0n) is 21.6. The minimum absolute atomic E-state index is 0.000711. The maximum absolute atomic E-state index is 14.9. The fraction of sp³-hybridized carbons (Fsp3) is 0.233. The Morgan fingerprint density at radius 2 is 1.82 bits per heavy atom. The number of halogens is 4. The Labute approximate surface area is 227 Å². The van der Waals surface area contributed by atoms with Crippen LogP contribution in [0.5, 0.6) is 0 Å². The Bertz CT molecular complexity index is 1570. The molecule has 0 saturated heterocycles. The average molecular weight is 549 g/mol. The van der Waals surface area contributed by atoms with Crippen LogP contribution in [-0.4, -0.2) is 26.4 Å². The maximum Gasteiger partial charge on any atom is 0.433 e. The van der Waals surface area contributed by atoms with E-state index in [1.165, 1.54) is 12.1 Å². The fourth-order valence-electron chi connectivity index (χ4n) is 4.49. The van der Waals surface area contributed by atoms with Gasteiger partial charge in [0.05, 0.1) is 11.4 Å². The normalized spacial score (nSPS) is 15.8. The topological polar surface area (TPSA) is 77.3 Å². The third-order valence-electron chi connectivity index (χ3n) is 6.66. The molecule has 4 heterocycles. The van der Waals surface area contributed by atoms with Gasteiger partial charge in [0.1, 0.15) is 17.2 Å². The van der Waals surface area contributed by atoms with Crippen molar-refractivity contribution < 1.29 is 27.2 Å². The third-order valence-corrected chi connectivity index (χ3v) is 6.66. The predicted octanol–water partition coefficient (Wildman–Crippen LogP) is 7.25. The van der Waals surface area contributed by atoms with Crippen molar-refractivity contribution in [3.05, 3.63) is 113 Å². The number of carbonyl (C=O) groups is 1. The molecule has 6 nitrogen and oxygen atoms in total. The Hall–Kier alpha value is -4.47. The molecule has 5 rings (SSSR count). The summed E-state index contributed by atoms with van der Waals surface area (Å²) in [6.45, 7) is 3.46. The Balaban J connectivity index is 1.45.